The van der Waals surface area contributed by atoms with Gasteiger partial charge in [0, 0.05) is 25.8 Å². The summed E-state index contributed by atoms with van der Waals surface area (Å²) in [6.07, 6.45) is 4.94. The quantitative estimate of drug-likeness (QED) is 0.874. The number of likely N-dealkylation sites (tertiary alicyclic amines) is 1. The minimum Gasteiger partial charge on any atom is -0.387 e. The van der Waals surface area contributed by atoms with E-state index >= 15 is 0 Å². The lowest BCUT2D eigenvalue weighted by atomic mass is 9.97. The normalized spacial score (nSPS) is 17.2. The molecule has 1 aliphatic heterocycles. The molecule has 130 valence electrons. The van der Waals surface area contributed by atoms with Crippen molar-refractivity contribution >= 4 is 5.91 Å². The zero-order valence-electron chi connectivity index (χ0n) is 14.2. The second-order valence-corrected chi connectivity index (χ2v) is 6.52. The lowest BCUT2D eigenvalue weighted by Crippen LogP contribution is -2.41. The summed E-state index contributed by atoms with van der Waals surface area (Å²) >= 11 is 0. The largest absolute Gasteiger partial charge is 0.387 e. The number of aryl methyl sites for hydroxylation is 1. The van der Waals surface area contributed by atoms with Gasteiger partial charge in [0.15, 0.2) is 0 Å². The molecule has 1 fully saturated rings. The number of amides is 1. The number of aliphatic hydroxyl groups excluding tert-OH is 1. The van der Waals surface area contributed by atoms with Gasteiger partial charge in [-0.05, 0) is 38.7 Å². The van der Waals surface area contributed by atoms with Gasteiger partial charge in [0.1, 0.15) is 12.2 Å². The molecule has 1 N–H and O–H groups in total. The van der Waals surface area contributed by atoms with Gasteiger partial charge in [-0.15, -0.1) is 5.10 Å². The summed E-state index contributed by atoms with van der Waals surface area (Å²) in [5, 5.41) is 21.8. The minimum absolute atomic E-state index is 0.119. The summed E-state index contributed by atoms with van der Waals surface area (Å²) < 4.78 is 3.48. The number of carbonyl (C=O) groups is 1. The topological polar surface area (TPSA) is 89.1 Å². The Morgan fingerprint density at radius 1 is 1.38 bits per heavy atom. The Kier molecular flexibility index (Phi) is 4.94. The highest BCUT2D eigenvalue weighted by Gasteiger charge is 2.23. The van der Waals surface area contributed by atoms with E-state index in [-0.39, 0.29) is 5.91 Å². The van der Waals surface area contributed by atoms with Crippen LogP contribution in [-0.2, 0) is 17.9 Å². The van der Waals surface area contributed by atoms with Crippen molar-refractivity contribution in [2.24, 2.45) is 5.92 Å². The van der Waals surface area contributed by atoms with Crippen LogP contribution < -0.4 is 0 Å². The van der Waals surface area contributed by atoms with E-state index in [2.05, 4.69) is 15.4 Å². The second kappa shape index (κ2) is 7.12. The van der Waals surface area contributed by atoms with Gasteiger partial charge in [0.2, 0.25) is 5.91 Å². The maximum atomic E-state index is 12.3. The Morgan fingerprint density at radius 3 is 2.71 bits per heavy atom. The van der Waals surface area contributed by atoms with E-state index in [0.29, 0.717) is 18.2 Å². The summed E-state index contributed by atoms with van der Waals surface area (Å²) in [7, 11) is 0. The van der Waals surface area contributed by atoms with E-state index in [1.807, 2.05) is 24.1 Å². The second-order valence-electron chi connectivity index (χ2n) is 6.52. The summed E-state index contributed by atoms with van der Waals surface area (Å²) in [6.45, 7) is 6.21. The van der Waals surface area contributed by atoms with Crippen LogP contribution in [0.15, 0.2) is 18.5 Å². The summed E-state index contributed by atoms with van der Waals surface area (Å²) in [5.41, 5.74) is 1.52. The van der Waals surface area contributed by atoms with E-state index in [1.54, 1.807) is 22.5 Å². The molecule has 3 heterocycles. The van der Waals surface area contributed by atoms with Crippen molar-refractivity contribution < 1.29 is 9.90 Å². The molecule has 0 saturated carbocycles. The highest BCUT2D eigenvalue weighted by molar-refractivity contribution is 5.76. The van der Waals surface area contributed by atoms with Gasteiger partial charge in [-0.1, -0.05) is 5.21 Å². The number of rotatable bonds is 5. The first-order chi connectivity index (χ1) is 11.5. The Bertz CT molecular complexity index is 684. The molecule has 1 amide bonds. The van der Waals surface area contributed by atoms with Gasteiger partial charge >= 0.3 is 0 Å². The molecule has 3 rings (SSSR count). The lowest BCUT2D eigenvalue weighted by Gasteiger charge is -2.31. The van der Waals surface area contributed by atoms with Crippen molar-refractivity contribution in [3.63, 3.8) is 0 Å². The van der Waals surface area contributed by atoms with Gasteiger partial charge in [-0.2, -0.15) is 5.10 Å². The average molecular weight is 332 g/mol. The standard InChI is InChI=1S/C16H24N6O2/c1-12-3-8-21(18-12)11-16(24)20-6-4-14(5-7-20)9-22-10-15(13(2)23)17-19-22/h3,8,10,13-14,23H,4-7,9,11H2,1-2H3/t13-/m1/s1. The molecule has 8 heteroatoms. The number of hydrogen-bond donors (Lipinski definition) is 1. The third-order valence-corrected chi connectivity index (χ3v) is 4.47. The van der Waals surface area contributed by atoms with Crippen molar-refractivity contribution in [2.75, 3.05) is 13.1 Å². The molecule has 0 bridgehead atoms. The van der Waals surface area contributed by atoms with Crippen molar-refractivity contribution in [3.05, 3.63) is 29.8 Å². The predicted octanol–water partition coefficient (Wildman–Crippen LogP) is 0.775. The van der Waals surface area contributed by atoms with Crippen LogP contribution in [0.1, 0.15) is 37.3 Å². The lowest BCUT2D eigenvalue weighted by molar-refractivity contribution is -0.133. The van der Waals surface area contributed by atoms with Crippen molar-refractivity contribution in [2.45, 2.75) is 45.9 Å². The van der Waals surface area contributed by atoms with Crippen molar-refractivity contribution in [3.8, 4) is 0 Å². The van der Waals surface area contributed by atoms with Gasteiger partial charge in [-0.25, -0.2) is 0 Å². The smallest absolute Gasteiger partial charge is 0.244 e. The van der Waals surface area contributed by atoms with Crippen LogP contribution in [0.4, 0.5) is 0 Å². The zero-order valence-corrected chi connectivity index (χ0v) is 14.2. The van der Waals surface area contributed by atoms with Crippen LogP contribution in [0.3, 0.4) is 0 Å². The molecule has 0 unspecified atom stereocenters. The molecule has 0 aliphatic carbocycles. The maximum absolute atomic E-state index is 12.3. The van der Waals surface area contributed by atoms with Crippen LogP contribution in [0.2, 0.25) is 0 Å². The molecule has 0 spiro atoms. The van der Waals surface area contributed by atoms with Gasteiger partial charge in [-0.3, -0.25) is 14.2 Å². The Hall–Kier alpha value is -2.22. The SMILES string of the molecule is Cc1ccn(CC(=O)N2CCC(Cn3cc([C@@H](C)O)nn3)CC2)n1. The molecule has 1 saturated heterocycles. The number of aromatic nitrogens is 5. The van der Waals surface area contributed by atoms with Crippen molar-refractivity contribution in [1.29, 1.82) is 0 Å². The number of hydrogen-bond acceptors (Lipinski definition) is 5. The highest BCUT2D eigenvalue weighted by Crippen LogP contribution is 2.19. The van der Waals surface area contributed by atoms with Crippen LogP contribution in [0.5, 0.6) is 0 Å². The zero-order chi connectivity index (χ0) is 17.1. The Balaban J connectivity index is 1.47. The average Bonchev–Trinajstić information content (AvgIpc) is 3.17. The monoisotopic (exact) mass is 332 g/mol. The van der Waals surface area contributed by atoms with Gasteiger partial charge in [0.25, 0.3) is 0 Å². The van der Waals surface area contributed by atoms with Crippen molar-refractivity contribution in [1.82, 2.24) is 29.7 Å². The minimum atomic E-state index is -0.593. The first kappa shape index (κ1) is 16.6. The summed E-state index contributed by atoms with van der Waals surface area (Å²) in [4.78, 5) is 14.2. The number of aliphatic hydroxyl groups is 1. The molecule has 0 aromatic carbocycles. The molecule has 2 aromatic rings. The highest BCUT2D eigenvalue weighted by atomic mass is 16.3. The number of nitrogens with zero attached hydrogens (tertiary/aromatic N) is 6. The maximum Gasteiger partial charge on any atom is 0.244 e. The molecule has 1 atom stereocenters. The van der Waals surface area contributed by atoms with E-state index in [4.69, 9.17) is 0 Å². The Morgan fingerprint density at radius 2 is 2.12 bits per heavy atom. The third kappa shape index (κ3) is 4.00. The Labute approximate surface area is 141 Å². The van der Waals surface area contributed by atoms with Crippen LogP contribution in [0, 0.1) is 12.8 Å². The molecule has 2 aromatic heterocycles. The summed E-state index contributed by atoms with van der Waals surface area (Å²) in [5.74, 6) is 0.596. The first-order valence-electron chi connectivity index (χ1n) is 8.37. The van der Waals surface area contributed by atoms with Crippen LogP contribution >= 0.6 is 0 Å². The van der Waals surface area contributed by atoms with Gasteiger partial charge in [0.05, 0.1) is 18.0 Å². The fourth-order valence-corrected chi connectivity index (χ4v) is 3.01. The predicted molar refractivity (Wildman–Crippen MR) is 86.9 cm³/mol. The van der Waals surface area contributed by atoms with Crippen LogP contribution in [0.25, 0.3) is 0 Å². The molecule has 8 nitrogen and oxygen atoms in total. The van der Waals surface area contributed by atoms with E-state index in [0.717, 1.165) is 38.2 Å². The molecular weight excluding hydrogens is 308 g/mol. The van der Waals surface area contributed by atoms with Crippen LogP contribution in [-0.4, -0.2) is 53.8 Å². The van der Waals surface area contributed by atoms with Gasteiger partial charge < -0.3 is 10.0 Å². The molecule has 24 heavy (non-hydrogen) atoms. The molecule has 0 radical (unpaired) electrons. The molecule has 1 aliphatic rings. The first-order valence-corrected chi connectivity index (χ1v) is 8.37. The number of carbonyl (C=O) groups excluding carboxylic acids is 1. The number of piperidine rings is 1. The fraction of sp³-hybridized carbons (Fsp3) is 0.625. The van der Waals surface area contributed by atoms with E-state index in [1.165, 1.54) is 0 Å². The summed E-state index contributed by atoms with van der Waals surface area (Å²) in [6, 6.07) is 1.90. The van der Waals surface area contributed by atoms with E-state index < -0.39 is 6.10 Å². The molecular formula is C16H24N6O2. The van der Waals surface area contributed by atoms with E-state index in [9.17, 15) is 9.90 Å². The third-order valence-electron chi connectivity index (χ3n) is 4.47. The fourth-order valence-electron chi connectivity index (χ4n) is 3.01.